The van der Waals surface area contributed by atoms with Gasteiger partial charge in [0.25, 0.3) is 0 Å². The first-order valence-electron chi connectivity index (χ1n) is 11.7. The lowest BCUT2D eigenvalue weighted by atomic mass is 9.55. The molecule has 0 heterocycles. The summed E-state index contributed by atoms with van der Waals surface area (Å²) >= 11 is 0. The van der Waals surface area contributed by atoms with Crippen molar-refractivity contribution in [3.63, 3.8) is 0 Å². The van der Waals surface area contributed by atoms with E-state index in [1.54, 1.807) is 12.1 Å². The van der Waals surface area contributed by atoms with Crippen molar-refractivity contribution in [3.8, 4) is 11.5 Å². The molecule has 2 aromatic rings. The van der Waals surface area contributed by atoms with Crippen LogP contribution in [0.4, 0.5) is 0 Å². The normalized spacial score (nSPS) is 29.5. The van der Waals surface area contributed by atoms with Gasteiger partial charge < -0.3 is 20.1 Å². The molecule has 2 saturated carbocycles. The van der Waals surface area contributed by atoms with Crippen LogP contribution >= 0.6 is 0 Å². The summed E-state index contributed by atoms with van der Waals surface area (Å²) < 4.78 is 4.69. The van der Waals surface area contributed by atoms with Crippen molar-refractivity contribution in [2.75, 3.05) is 0 Å². The number of benzene rings is 2. The minimum atomic E-state index is -1.11. The van der Waals surface area contributed by atoms with Gasteiger partial charge in [0, 0.05) is 6.92 Å². The fraction of sp³-hybridized carbons (Fsp3) is 0.481. The van der Waals surface area contributed by atoms with E-state index in [4.69, 9.17) is 5.11 Å². The van der Waals surface area contributed by atoms with Gasteiger partial charge in [0.2, 0.25) is 0 Å². The van der Waals surface area contributed by atoms with Crippen LogP contribution < -0.4 is 4.74 Å². The van der Waals surface area contributed by atoms with Gasteiger partial charge in [-0.15, -0.1) is 0 Å². The second-order valence-corrected chi connectivity index (χ2v) is 9.83. The van der Waals surface area contributed by atoms with Crippen LogP contribution in [0.5, 0.6) is 11.5 Å². The minimum Gasteiger partial charge on any atom is -0.508 e. The Kier molecular flexibility index (Phi) is 6.48. The SMILES string of the molecule is CC(=O)Oc1ccccc1C(=O)O.C[C@]12CC[C@@H]3c4ccc(O)cc4CC[C@H]3[C@@H]1CC[C@@H]2O. The van der Waals surface area contributed by atoms with Crippen LogP contribution in [0.25, 0.3) is 0 Å². The summed E-state index contributed by atoms with van der Waals surface area (Å²) in [5.74, 6) is 0.913. The highest BCUT2D eigenvalue weighted by Gasteiger charge is 2.54. The Bertz CT molecular complexity index is 1050. The van der Waals surface area contributed by atoms with E-state index in [0.717, 1.165) is 25.2 Å². The number of aliphatic hydroxyl groups excluding tert-OH is 1. The third-order valence-electron chi connectivity index (χ3n) is 8.03. The first kappa shape index (κ1) is 23.3. The van der Waals surface area contributed by atoms with Crippen LogP contribution in [0.3, 0.4) is 0 Å². The second kappa shape index (κ2) is 9.18. The molecule has 6 nitrogen and oxygen atoms in total. The molecule has 0 spiro atoms. The lowest BCUT2D eigenvalue weighted by Gasteiger charge is -2.50. The quantitative estimate of drug-likeness (QED) is 0.441. The van der Waals surface area contributed by atoms with Gasteiger partial charge in [-0.05, 0) is 97.1 Å². The summed E-state index contributed by atoms with van der Waals surface area (Å²) in [6.07, 6.45) is 6.78. The molecule has 2 aromatic carbocycles. The van der Waals surface area contributed by atoms with E-state index in [1.807, 2.05) is 12.1 Å². The van der Waals surface area contributed by atoms with Gasteiger partial charge >= 0.3 is 11.9 Å². The Morgan fingerprint density at radius 1 is 1.06 bits per heavy atom. The van der Waals surface area contributed by atoms with Crippen molar-refractivity contribution in [1.82, 2.24) is 0 Å². The van der Waals surface area contributed by atoms with Crippen LogP contribution in [0.2, 0.25) is 0 Å². The van der Waals surface area contributed by atoms with Crippen LogP contribution in [0.1, 0.15) is 73.4 Å². The minimum absolute atomic E-state index is 0.0160. The zero-order valence-corrected chi connectivity index (χ0v) is 19.2. The molecule has 33 heavy (non-hydrogen) atoms. The summed E-state index contributed by atoms with van der Waals surface area (Å²) in [5, 5.41) is 28.7. The first-order valence-corrected chi connectivity index (χ1v) is 11.7. The van der Waals surface area contributed by atoms with E-state index in [0.29, 0.717) is 17.6 Å². The number of esters is 1. The molecule has 0 saturated heterocycles. The van der Waals surface area contributed by atoms with Crippen molar-refractivity contribution < 1.29 is 29.6 Å². The average Bonchev–Trinajstić information content (AvgIpc) is 3.08. The number of rotatable bonds is 2. The van der Waals surface area contributed by atoms with E-state index in [1.165, 1.54) is 49.4 Å². The lowest BCUT2D eigenvalue weighted by molar-refractivity contribution is -0.131. The predicted molar refractivity (Wildman–Crippen MR) is 123 cm³/mol. The van der Waals surface area contributed by atoms with Crippen molar-refractivity contribution in [3.05, 3.63) is 59.2 Å². The van der Waals surface area contributed by atoms with Gasteiger partial charge in [-0.25, -0.2) is 4.79 Å². The van der Waals surface area contributed by atoms with E-state index >= 15 is 0 Å². The van der Waals surface area contributed by atoms with E-state index in [2.05, 4.69) is 17.7 Å². The monoisotopic (exact) mass is 452 g/mol. The number of carbonyl (C=O) groups is 2. The third-order valence-corrected chi connectivity index (χ3v) is 8.03. The molecule has 0 unspecified atom stereocenters. The first-order chi connectivity index (χ1) is 15.7. The zero-order chi connectivity index (χ0) is 23.8. The number of fused-ring (bicyclic) bond motifs is 5. The molecule has 5 rings (SSSR count). The number of para-hydroxylation sites is 1. The molecule has 3 aliphatic rings. The molecule has 0 radical (unpaired) electrons. The summed E-state index contributed by atoms with van der Waals surface area (Å²) in [7, 11) is 0. The van der Waals surface area contributed by atoms with Crippen LogP contribution in [-0.2, 0) is 11.2 Å². The number of carbonyl (C=O) groups excluding carboxylic acids is 1. The van der Waals surface area contributed by atoms with Gasteiger partial charge in [-0.3, -0.25) is 4.79 Å². The number of phenolic OH excluding ortho intramolecular Hbond substituents is 1. The maximum Gasteiger partial charge on any atom is 0.339 e. The van der Waals surface area contributed by atoms with Gasteiger partial charge in [0.05, 0.1) is 6.10 Å². The van der Waals surface area contributed by atoms with E-state index < -0.39 is 11.9 Å². The van der Waals surface area contributed by atoms with E-state index in [-0.39, 0.29) is 22.8 Å². The summed E-state index contributed by atoms with van der Waals surface area (Å²) in [6, 6.07) is 11.9. The molecular weight excluding hydrogens is 420 g/mol. The number of hydrogen-bond donors (Lipinski definition) is 3. The number of aliphatic hydroxyl groups is 1. The van der Waals surface area contributed by atoms with Crippen molar-refractivity contribution >= 4 is 11.9 Å². The number of carboxylic acid groups (broad SMARTS) is 1. The molecular formula is C27H32O6. The highest BCUT2D eigenvalue weighted by Crippen LogP contribution is 2.60. The number of aromatic hydroxyl groups is 1. The number of carboxylic acids is 1. The highest BCUT2D eigenvalue weighted by molar-refractivity contribution is 5.91. The van der Waals surface area contributed by atoms with Crippen LogP contribution in [0, 0.1) is 17.3 Å². The topological polar surface area (TPSA) is 104 Å². The predicted octanol–water partition coefficient (Wildman–Crippen LogP) is 4.92. The molecule has 3 aliphatic carbocycles. The molecule has 176 valence electrons. The van der Waals surface area contributed by atoms with Crippen LogP contribution in [-0.4, -0.2) is 33.4 Å². The van der Waals surface area contributed by atoms with Gasteiger partial charge in [0.15, 0.2) is 0 Å². The fourth-order valence-corrected chi connectivity index (χ4v) is 6.43. The van der Waals surface area contributed by atoms with Crippen LogP contribution in [0.15, 0.2) is 42.5 Å². The lowest BCUT2D eigenvalue weighted by Crippen LogP contribution is -2.43. The molecule has 3 N–H and O–H groups in total. The Hall–Kier alpha value is -2.86. The van der Waals surface area contributed by atoms with E-state index in [9.17, 15) is 19.8 Å². The summed E-state index contributed by atoms with van der Waals surface area (Å²) in [6.45, 7) is 3.54. The average molecular weight is 453 g/mol. The molecule has 0 aliphatic heterocycles. The van der Waals surface area contributed by atoms with Crippen molar-refractivity contribution in [2.45, 2.75) is 64.4 Å². The third kappa shape index (κ3) is 4.49. The smallest absolute Gasteiger partial charge is 0.339 e. The summed E-state index contributed by atoms with van der Waals surface area (Å²) in [5.41, 5.74) is 2.98. The molecule has 0 aromatic heterocycles. The second-order valence-electron chi connectivity index (χ2n) is 9.83. The Morgan fingerprint density at radius 2 is 1.82 bits per heavy atom. The Labute approximate surface area is 194 Å². The summed E-state index contributed by atoms with van der Waals surface area (Å²) in [4.78, 5) is 21.2. The number of hydrogen-bond acceptors (Lipinski definition) is 5. The number of ether oxygens (including phenoxy) is 1. The molecule has 0 amide bonds. The largest absolute Gasteiger partial charge is 0.508 e. The van der Waals surface area contributed by atoms with Crippen molar-refractivity contribution in [1.29, 1.82) is 0 Å². The number of phenols is 1. The standard InChI is InChI=1S/C18H24O2.C9H8O4/c1-18-9-8-14-13-5-3-12(19)10-11(13)2-4-15(14)16(18)6-7-17(18)20;1-6(10)13-8-5-3-2-4-7(8)9(11)12/h3,5,10,14-17,19-20H,2,4,6-9H2,1H3;2-5H,1H3,(H,11,12)/t14-,15-,16+,17+,18+;/m1./s1. The van der Waals surface area contributed by atoms with Crippen molar-refractivity contribution in [2.24, 2.45) is 17.3 Å². The van der Waals surface area contributed by atoms with Gasteiger partial charge in [-0.1, -0.05) is 25.1 Å². The maximum atomic E-state index is 10.6. The Morgan fingerprint density at radius 3 is 2.55 bits per heavy atom. The molecule has 6 heteroatoms. The maximum absolute atomic E-state index is 10.6. The van der Waals surface area contributed by atoms with Gasteiger partial charge in [-0.2, -0.15) is 0 Å². The fourth-order valence-electron chi connectivity index (χ4n) is 6.43. The van der Waals surface area contributed by atoms with Gasteiger partial charge in [0.1, 0.15) is 17.1 Å². The molecule has 5 atom stereocenters. The number of aromatic carboxylic acids is 1. The molecule has 2 fully saturated rings. The zero-order valence-electron chi connectivity index (χ0n) is 19.2. The molecule has 0 bridgehead atoms. The number of aryl methyl sites for hydroxylation is 1. The Balaban J connectivity index is 0.000000174. The highest BCUT2D eigenvalue weighted by atomic mass is 16.5.